The summed E-state index contributed by atoms with van der Waals surface area (Å²) in [6, 6.07) is 5.09. The number of hydrogen-bond acceptors (Lipinski definition) is 1. The van der Waals surface area contributed by atoms with Crippen LogP contribution in [-0.2, 0) is 0 Å². The molecule has 0 amide bonds. The second kappa shape index (κ2) is 4.49. The lowest BCUT2D eigenvalue weighted by molar-refractivity contribution is 1.24. The first kappa shape index (κ1) is 10.4. The van der Waals surface area contributed by atoms with Crippen molar-refractivity contribution < 1.29 is 0 Å². The largest absolute Gasteiger partial charge is 0.387 e. The van der Waals surface area contributed by atoms with Gasteiger partial charge in [-0.05, 0) is 18.2 Å². The molecule has 0 saturated carbocycles. The molecule has 1 rings (SSSR count). The van der Waals surface area contributed by atoms with Crippen LogP contribution < -0.4 is 5.73 Å². The van der Waals surface area contributed by atoms with E-state index >= 15 is 0 Å². The van der Waals surface area contributed by atoms with Crippen LogP contribution in [0.3, 0.4) is 0 Å². The number of halogens is 2. The molecule has 13 heavy (non-hydrogen) atoms. The molecule has 0 unspecified atom stereocenters. The van der Waals surface area contributed by atoms with Gasteiger partial charge in [-0.1, -0.05) is 30.1 Å². The summed E-state index contributed by atoms with van der Waals surface area (Å²) < 4.78 is 0. The van der Waals surface area contributed by atoms with E-state index in [1.165, 1.54) is 0 Å². The third kappa shape index (κ3) is 3.25. The molecule has 0 fully saturated rings. The van der Waals surface area contributed by atoms with E-state index in [0.717, 1.165) is 0 Å². The first-order valence-electron chi connectivity index (χ1n) is 3.91. The van der Waals surface area contributed by atoms with Gasteiger partial charge in [-0.2, -0.15) is 0 Å². The van der Waals surface area contributed by atoms with Crippen LogP contribution in [-0.4, -0.2) is 5.84 Å². The molecule has 0 bridgehead atoms. The highest BCUT2D eigenvalue weighted by molar-refractivity contribution is 6.35. The molecule has 1 aromatic carbocycles. The normalized spacial score (nSPS) is 11.8. The van der Waals surface area contributed by atoms with E-state index in [0.29, 0.717) is 28.0 Å². The number of nitrogens with zero attached hydrogens (tertiary/aromatic N) is 1. The summed E-state index contributed by atoms with van der Waals surface area (Å²) in [4.78, 5) is 4.12. The van der Waals surface area contributed by atoms with Gasteiger partial charge in [-0.3, -0.25) is 0 Å². The maximum absolute atomic E-state index is 5.78. The quantitative estimate of drug-likeness (QED) is 0.598. The monoisotopic (exact) mass is 216 g/mol. The Morgan fingerprint density at radius 3 is 2.31 bits per heavy atom. The Kier molecular flexibility index (Phi) is 3.58. The zero-order valence-corrected chi connectivity index (χ0v) is 8.73. The second-order valence-corrected chi connectivity index (χ2v) is 3.46. The van der Waals surface area contributed by atoms with Crippen LogP contribution >= 0.6 is 23.2 Å². The van der Waals surface area contributed by atoms with Crippen LogP contribution in [0.4, 0.5) is 5.69 Å². The van der Waals surface area contributed by atoms with Crippen LogP contribution in [0.15, 0.2) is 23.2 Å². The van der Waals surface area contributed by atoms with E-state index in [1.807, 2.05) is 6.92 Å². The molecule has 0 aromatic heterocycles. The zero-order chi connectivity index (χ0) is 9.84. The topological polar surface area (TPSA) is 38.4 Å². The van der Waals surface area contributed by atoms with Crippen molar-refractivity contribution >= 4 is 34.7 Å². The lowest BCUT2D eigenvalue weighted by Crippen LogP contribution is -2.08. The van der Waals surface area contributed by atoms with Gasteiger partial charge < -0.3 is 5.73 Å². The fourth-order valence-corrected chi connectivity index (χ4v) is 1.36. The highest BCUT2D eigenvalue weighted by atomic mass is 35.5. The minimum absolute atomic E-state index is 0.565. The van der Waals surface area contributed by atoms with Crippen LogP contribution in [0.2, 0.25) is 10.0 Å². The lowest BCUT2D eigenvalue weighted by Gasteiger charge is -1.98. The van der Waals surface area contributed by atoms with E-state index in [4.69, 9.17) is 28.9 Å². The van der Waals surface area contributed by atoms with Gasteiger partial charge in [0.15, 0.2) is 0 Å². The standard InChI is InChI=1S/C9H10Cl2N2/c1-2-9(12)13-8-4-6(10)3-7(11)5-8/h3-5H,2H2,1H3,(H2,12,13). The Hall–Kier alpha value is -0.730. The van der Waals surface area contributed by atoms with Gasteiger partial charge in [0.1, 0.15) is 0 Å². The fourth-order valence-electron chi connectivity index (χ4n) is 0.849. The molecule has 0 aliphatic rings. The maximum Gasteiger partial charge on any atom is 0.0993 e. The Labute approximate surface area is 87.4 Å². The van der Waals surface area contributed by atoms with Gasteiger partial charge in [0.2, 0.25) is 0 Å². The number of hydrogen-bond donors (Lipinski definition) is 1. The number of benzene rings is 1. The summed E-state index contributed by atoms with van der Waals surface area (Å²) in [6.07, 6.45) is 0.712. The van der Waals surface area contributed by atoms with E-state index < -0.39 is 0 Å². The predicted molar refractivity (Wildman–Crippen MR) is 58.0 cm³/mol. The summed E-state index contributed by atoms with van der Waals surface area (Å²) in [5.41, 5.74) is 6.26. The molecule has 4 heteroatoms. The van der Waals surface area contributed by atoms with Crippen LogP contribution in [0, 0.1) is 0 Å². The second-order valence-electron chi connectivity index (χ2n) is 2.58. The lowest BCUT2D eigenvalue weighted by atomic mass is 10.3. The molecule has 0 saturated heterocycles. The molecule has 0 atom stereocenters. The average Bonchev–Trinajstić information content (AvgIpc) is 2.02. The van der Waals surface area contributed by atoms with Crippen molar-refractivity contribution in [2.45, 2.75) is 13.3 Å². The van der Waals surface area contributed by atoms with Gasteiger partial charge in [0.05, 0.1) is 11.5 Å². The number of rotatable bonds is 2. The van der Waals surface area contributed by atoms with Crippen molar-refractivity contribution in [1.82, 2.24) is 0 Å². The molecule has 0 radical (unpaired) electrons. The molecule has 70 valence electrons. The van der Waals surface area contributed by atoms with Crippen molar-refractivity contribution in [3.05, 3.63) is 28.2 Å². The first-order valence-corrected chi connectivity index (χ1v) is 4.66. The van der Waals surface area contributed by atoms with Crippen LogP contribution in [0.1, 0.15) is 13.3 Å². The number of aliphatic imine (C=N–C) groups is 1. The third-order valence-corrected chi connectivity index (χ3v) is 1.92. The third-order valence-electron chi connectivity index (χ3n) is 1.48. The minimum atomic E-state index is 0.565. The molecule has 0 aliphatic heterocycles. The van der Waals surface area contributed by atoms with Gasteiger partial charge in [0.25, 0.3) is 0 Å². The molecule has 1 aromatic rings. The van der Waals surface area contributed by atoms with Gasteiger partial charge in [-0.15, -0.1) is 0 Å². The minimum Gasteiger partial charge on any atom is -0.387 e. The summed E-state index contributed by atoms with van der Waals surface area (Å²) in [7, 11) is 0. The van der Waals surface area contributed by atoms with E-state index in [9.17, 15) is 0 Å². The van der Waals surface area contributed by atoms with Crippen molar-refractivity contribution in [3.63, 3.8) is 0 Å². The Balaban J connectivity index is 3.02. The van der Waals surface area contributed by atoms with Crippen molar-refractivity contribution in [3.8, 4) is 0 Å². The molecular weight excluding hydrogens is 207 g/mol. The Bertz CT molecular complexity index is 314. The number of amidine groups is 1. The van der Waals surface area contributed by atoms with Crippen molar-refractivity contribution in [1.29, 1.82) is 0 Å². The predicted octanol–water partition coefficient (Wildman–Crippen LogP) is 3.39. The first-order chi connectivity index (χ1) is 6.11. The summed E-state index contributed by atoms with van der Waals surface area (Å²) in [5, 5.41) is 1.13. The molecular formula is C9H10Cl2N2. The zero-order valence-electron chi connectivity index (χ0n) is 7.22. The Morgan fingerprint density at radius 1 is 1.31 bits per heavy atom. The smallest absolute Gasteiger partial charge is 0.0993 e. The van der Waals surface area contributed by atoms with Crippen LogP contribution in [0.5, 0.6) is 0 Å². The van der Waals surface area contributed by atoms with Crippen molar-refractivity contribution in [2.24, 2.45) is 10.7 Å². The molecule has 2 N–H and O–H groups in total. The summed E-state index contributed by atoms with van der Waals surface area (Å²) >= 11 is 11.6. The van der Waals surface area contributed by atoms with E-state index in [2.05, 4.69) is 4.99 Å². The number of nitrogens with two attached hydrogens (primary N) is 1. The average molecular weight is 217 g/mol. The summed E-state index contributed by atoms with van der Waals surface area (Å²) in [5.74, 6) is 0.568. The van der Waals surface area contributed by atoms with Gasteiger partial charge in [0, 0.05) is 16.5 Å². The summed E-state index contributed by atoms with van der Waals surface area (Å²) in [6.45, 7) is 1.94. The van der Waals surface area contributed by atoms with Gasteiger partial charge in [-0.25, -0.2) is 4.99 Å². The molecule has 0 spiro atoms. The van der Waals surface area contributed by atoms with E-state index in [1.54, 1.807) is 18.2 Å². The highest BCUT2D eigenvalue weighted by Gasteiger charge is 1.96. The fraction of sp³-hybridized carbons (Fsp3) is 0.222. The molecule has 0 heterocycles. The van der Waals surface area contributed by atoms with E-state index in [-0.39, 0.29) is 0 Å². The highest BCUT2D eigenvalue weighted by Crippen LogP contribution is 2.24. The molecule has 0 aliphatic carbocycles. The molecule has 2 nitrogen and oxygen atoms in total. The maximum atomic E-state index is 5.78. The SMILES string of the molecule is CCC(N)=Nc1cc(Cl)cc(Cl)c1. The Morgan fingerprint density at radius 2 is 1.85 bits per heavy atom. The van der Waals surface area contributed by atoms with Crippen molar-refractivity contribution in [2.75, 3.05) is 0 Å². The van der Waals surface area contributed by atoms with Gasteiger partial charge >= 0.3 is 0 Å². The van der Waals surface area contributed by atoms with Crippen LogP contribution in [0.25, 0.3) is 0 Å².